The first-order chi connectivity index (χ1) is 3.98. The average molecular weight is 144 g/mol. The monoisotopic (exact) mass is 144 g/mol. The molecule has 9 heavy (non-hydrogen) atoms. The van der Waals surface area contributed by atoms with Crippen molar-refractivity contribution in [2.75, 3.05) is 0 Å². The lowest BCUT2D eigenvalue weighted by Crippen LogP contribution is -2.13. The Morgan fingerprint density at radius 2 is 1.89 bits per heavy atom. The van der Waals surface area contributed by atoms with Gasteiger partial charge in [0.15, 0.2) is 0 Å². The fraction of sp³-hybridized carbons (Fsp3) is 1.00. The van der Waals surface area contributed by atoms with Crippen molar-refractivity contribution >= 4 is 10.2 Å². The zero-order chi connectivity index (χ0) is 7.49. The van der Waals surface area contributed by atoms with Crippen molar-refractivity contribution in [2.24, 2.45) is 5.92 Å². The van der Waals surface area contributed by atoms with Gasteiger partial charge in [0.1, 0.15) is 0 Å². The third-order valence-corrected chi connectivity index (χ3v) is 3.19. The van der Waals surface area contributed by atoms with E-state index in [0.717, 1.165) is 5.92 Å². The van der Waals surface area contributed by atoms with Gasteiger partial charge in [0, 0.05) is 10.2 Å². The fourth-order valence-electron chi connectivity index (χ4n) is 0.866. The van der Waals surface area contributed by atoms with Gasteiger partial charge in [-0.1, -0.05) is 40.5 Å². The summed E-state index contributed by atoms with van der Waals surface area (Å²) in [5, 5.41) is 0.649. The van der Waals surface area contributed by atoms with Crippen LogP contribution in [0.1, 0.15) is 40.5 Å². The van der Waals surface area contributed by atoms with E-state index in [1.807, 2.05) is 0 Å². The van der Waals surface area contributed by atoms with E-state index < -0.39 is 0 Å². The second kappa shape index (κ2) is 3.40. The van der Waals surface area contributed by atoms with Crippen molar-refractivity contribution in [2.45, 2.75) is 45.6 Å². The zero-order valence-corrected chi connectivity index (χ0v) is 9.49. The largest absolute Gasteiger partial charge is 0.0654 e. The van der Waals surface area contributed by atoms with E-state index in [4.69, 9.17) is 0 Å². The highest BCUT2D eigenvalue weighted by atomic mass is 28.1. The summed E-state index contributed by atoms with van der Waals surface area (Å²) in [7, 11) is 1.33. The summed E-state index contributed by atoms with van der Waals surface area (Å²) in [6.07, 6.45) is 2.74. The van der Waals surface area contributed by atoms with Crippen molar-refractivity contribution < 1.29 is 0 Å². The van der Waals surface area contributed by atoms with E-state index in [9.17, 15) is 0 Å². The van der Waals surface area contributed by atoms with Gasteiger partial charge < -0.3 is 0 Å². The maximum atomic E-state index is 2.37. The summed E-state index contributed by atoms with van der Waals surface area (Å²) >= 11 is 0. The van der Waals surface area contributed by atoms with Crippen LogP contribution in [0, 0.1) is 5.92 Å². The highest BCUT2D eigenvalue weighted by Gasteiger charge is 2.18. The lowest BCUT2D eigenvalue weighted by atomic mass is 9.92. The van der Waals surface area contributed by atoms with Crippen molar-refractivity contribution in [3.05, 3.63) is 0 Å². The van der Waals surface area contributed by atoms with Crippen molar-refractivity contribution in [3.8, 4) is 0 Å². The standard InChI is InChI=1S/C8H20Si/c1-5-6-7(2)8(3,4)9/h7H,5-6H2,1-4,9H3. The molecule has 0 amide bonds. The van der Waals surface area contributed by atoms with Gasteiger partial charge >= 0.3 is 0 Å². The lowest BCUT2D eigenvalue weighted by molar-refractivity contribution is 0.408. The molecule has 0 aromatic heterocycles. The molecule has 56 valence electrons. The molecule has 0 aliphatic heterocycles. The van der Waals surface area contributed by atoms with Gasteiger partial charge in [-0.2, -0.15) is 0 Å². The van der Waals surface area contributed by atoms with Crippen molar-refractivity contribution in [3.63, 3.8) is 0 Å². The van der Waals surface area contributed by atoms with E-state index in [1.165, 1.54) is 23.1 Å². The normalized spacial score (nSPS) is 16.0. The van der Waals surface area contributed by atoms with Crippen LogP contribution in [0.5, 0.6) is 0 Å². The smallest absolute Gasteiger partial charge is 0.0103 e. The van der Waals surface area contributed by atoms with E-state index in [1.54, 1.807) is 0 Å². The van der Waals surface area contributed by atoms with Gasteiger partial charge in [-0.15, -0.1) is 0 Å². The van der Waals surface area contributed by atoms with Gasteiger partial charge in [-0.05, 0) is 11.0 Å². The molecule has 1 atom stereocenters. The summed E-state index contributed by atoms with van der Waals surface area (Å²) in [5.41, 5.74) is 0. The minimum atomic E-state index is 0.649. The summed E-state index contributed by atoms with van der Waals surface area (Å²) in [6.45, 7) is 9.39. The zero-order valence-electron chi connectivity index (χ0n) is 7.49. The SMILES string of the molecule is CCCC(C)C(C)(C)[SiH3]. The van der Waals surface area contributed by atoms with Gasteiger partial charge in [-0.3, -0.25) is 0 Å². The predicted octanol–water partition coefficient (Wildman–Crippen LogP) is 1.99. The van der Waals surface area contributed by atoms with Gasteiger partial charge in [-0.25, -0.2) is 0 Å². The van der Waals surface area contributed by atoms with Crippen LogP contribution in [0.25, 0.3) is 0 Å². The first-order valence-electron chi connectivity index (χ1n) is 3.98. The van der Waals surface area contributed by atoms with E-state index in [0.29, 0.717) is 5.04 Å². The minimum Gasteiger partial charge on any atom is -0.0654 e. The summed E-state index contributed by atoms with van der Waals surface area (Å²) < 4.78 is 0. The van der Waals surface area contributed by atoms with E-state index >= 15 is 0 Å². The molecule has 0 aromatic rings. The van der Waals surface area contributed by atoms with Crippen LogP contribution in [0.15, 0.2) is 0 Å². The molecule has 0 bridgehead atoms. The van der Waals surface area contributed by atoms with E-state index in [-0.39, 0.29) is 0 Å². The Morgan fingerprint density at radius 1 is 1.44 bits per heavy atom. The second-order valence-electron chi connectivity index (χ2n) is 4.06. The topological polar surface area (TPSA) is 0 Å². The molecule has 0 N–H and O–H groups in total. The second-order valence-corrected chi connectivity index (χ2v) is 6.63. The molecule has 0 spiro atoms. The summed E-state index contributed by atoms with van der Waals surface area (Å²) in [6, 6.07) is 0. The lowest BCUT2D eigenvalue weighted by Gasteiger charge is -2.26. The molecule has 0 aromatic carbocycles. The number of hydrogen-bond donors (Lipinski definition) is 0. The highest BCUT2D eigenvalue weighted by Crippen LogP contribution is 2.32. The molecule has 0 saturated carbocycles. The molecule has 1 unspecified atom stereocenters. The van der Waals surface area contributed by atoms with Crippen LogP contribution in [0.2, 0.25) is 5.04 Å². The summed E-state index contributed by atoms with van der Waals surface area (Å²) in [5.74, 6) is 0.925. The molecule has 0 rings (SSSR count). The molecule has 0 saturated heterocycles. The molecule has 0 heterocycles. The summed E-state index contributed by atoms with van der Waals surface area (Å²) in [4.78, 5) is 0. The Bertz CT molecular complexity index is 71.1. The van der Waals surface area contributed by atoms with Gasteiger partial charge in [0.2, 0.25) is 0 Å². The molecule has 0 radical (unpaired) electrons. The molecule has 1 heteroatoms. The Morgan fingerprint density at radius 3 is 2.00 bits per heavy atom. The van der Waals surface area contributed by atoms with Crippen molar-refractivity contribution in [1.29, 1.82) is 0 Å². The average Bonchev–Trinajstić information content (AvgIpc) is 1.64. The van der Waals surface area contributed by atoms with Crippen LogP contribution >= 0.6 is 0 Å². The molecule has 0 aliphatic carbocycles. The van der Waals surface area contributed by atoms with Crippen LogP contribution in [0.3, 0.4) is 0 Å². The maximum Gasteiger partial charge on any atom is 0.0103 e. The molecular formula is C8H20Si. The first kappa shape index (κ1) is 9.22. The van der Waals surface area contributed by atoms with Gasteiger partial charge in [0.05, 0.1) is 0 Å². The Balaban J connectivity index is 3.59. The number of hydrogen-bond acceptors (Lipinski definition) is 0. The fourth-order valence-corrected chi connectivity index (χ4v) is 1.15. The minimum absolute atomic E-state index is 0.649. The van der Waals surface area contributed by atoms with Crippen LogP contribution < -0.4 is 0 Å². The van der Waals surface area contributed by atoms with Crippen LogP contribution in [0.4, 0.5) is 0 Å². The van der Waals surface area contributed by atoms with Crippen LogP contribution in [-0.2, 0) is 0 Å². The van der Waals surface area contributed by atoms with Crippen LogP contribution in [-0.4, -0.2) is 10.2 Å². The Labute approximate surface area is 62.5 Å². The molecular weight excluding hydrogens is 124 g/mol. The van der Waals surface area contributed by atoms with Crippen molar-refractivity contribution in [1.82, 2.24) is 0 Å². The predicted molar refractivity (Wildman–Crippen MR) is 48.1 cm³/mol. The molecule has 0 fully saturated rings. The van der Waals surface area contributed by atoms with E-state index in [2.05, 4.69) is 27.7 Å². The Kier molecular flexibility index (Phi) is 3.48. The number of rotatable bonds is 3. The molecule has 0 aliphatic rings. The maximum absolute atomic E-state index is 2.37. The third-order valence-electron chi connectivity index (χ3n) is 2.20. The molecule has 0 nitrogen and oxygen atoms in total. The highest BCUT2D eigenvalue weighted by molar-refractivity contribution is 6.14. The quantitative estimate of drug-likeness (QED) is 0.531. The third kappa shape index (κ3) is 3.74. The van der Waals surface area contributed by atoms with Gasteiger partial charge in [0.25, 0.3) is 0 Å². The Hall–Kier alpha value is 0.217. The first-order valence-corrected chi connectivity index (χ1v) is 4.98.